The number of nitrogens with zero attached hydrogens (tertiary/aromatic N) is 4. The molecule has 1 amide bonds. The number of hydrogen-bond donors (Lipinski definition) is 1. The minimum atomic E-state index is -0.157. The van der Waals surface area contributed by atoms with Gasteiger partial charge in [0.05, 0.1) is 18.2 Å². The van der Waals surface area contributed by atoms with Gasteiger partial charge < -0.3 is 10.1 Å². The van der Waals surface area contributed by atoms with Crippen LogP contribution >= 0.6 is 0 Å². The highest BCUT2D eigenvalue weighted by molar-refractivity contribution is 5.82. The van der Waals surface area contributed by atoms with Crippen molar-refractivity contribution < 1.29 is 9.53 Å². The van der Waals surface area contributed by atoms with Gasteiger partial charge in [0.25, 0.3) is 0 Å². The van der Waals surface area contributed by atoms with E-state index in [-0.39, 0.29) is 30.1 Å². The fraction of sp³-hybridized carbons (Fsp3) is 0.550. The molecule has 7 nitrogen and oxygen atoms in total. The second kappa shape index (κ2) is 8.63. The van der Waals surface area contributed by atoms with E-state index >= 15 is 0 Å². The molecule has 1 fully saturated rings. The molecular weight excluding hydrogens is 342 g/mol. The maximum atomic E-state index is 12.9. The summed E-state index contributed by atoms with van der Waals surface area (Å²) in [4.78, 5) is 19.6. The van der Waals surface area contributed by atoms with E-state index < -0.39 is 0 Å². The number of carbonyl (C=O) groups excluding carboxylic acids is 1. The molecule has 0 radical (unpaired) electrons. The molecule has 0 spiro atoms. The molecule has 1 aliphatic heterocycles. The highest BCUT2D eigenvalue weighted by Gasteiger charge is 2.33. The van der Waals surface area contributed by atoms with Gasteiger partial charge in [-0.3, -0.25) is 9.69 Å². The lowest BCUT2D eigenvalue weighted by Crippen LogP contribution is -2.56. The summed E-state index contributed by atoms with van der Waals surface area (Å²) in [5.74, 6) is 1.04. The molecule has 1 aliphatic rings. The summed E-state index contributed by atoms with van der Waals surface area (Å²) in [5.41, 5.74) is 0.963. The average molecular weight is 371 g/mol. The van der Waals surface area contributed by atoms with Crippen molar-refractivity contribution >= 4 is 5.91 Å². The lowest BCUT2D eigenvalue weighted by Gasteiger charge is -2.41. The summed E-state index contributed by atoms with van der Waals surface area (Å²) in [6.45, 7) is 10.3. The molecule has 0 aliphatic carbocycles. The van der Waals surface area contributed by atoms with E-state index in [1.165, 1.54) is 0 Å². The summed E-state index contributed by atoms with van der Waals surface area (Å²) in [7, 11) is 0. The van der Waals surface area contributed by atoms with E-state index in [2.05, 4.69) is 48.0 Å². The van der Waals surface area contributed by atoms with Crippen LogP contribution in [0.5, 0.6) is 0 Å². The summed E-state index contributed by atoms with van der Waals surface area (Å²) >= 11 is 0. The number of carbonyl (C=O) groups is 1. The molecule has 2 aromatic rings. The maximum Gasteiger partial charge on any atom is 0.237 e. The van der Waals surface area contributed by atoms with Crippen LogP contribution in [0.2, 0.25) is 0 Å². The van der Waals surface area contributed by atoms with Crippen molar-refractivity contribution in [2.45, 2.75) is 52.5 Å². The van der Waals surface area contributed by atoms with Gasteiger partial charge in [-0.25, -0.2) is 9.67 Å². The van der Waals surface area contributed by atoms with Gasteiger partial charge in [0.2, 0.25) is 5.91 Å². The molecule has 3 unspecified atom stereocenters. The fourth-order valence-electron chi connectivity index (χ4n) is 3.69. The second-order valence-corrected chi connectivity index (χ2v) is 7.59. The Balaban J connectivity index is 1.61. The number of hydrogen-bond acceptors (Lipinski definition) is 5. The van der Waals surface area contributed by atoms with Crippen LogP contribution in [0.15, 0.2) is 36.8 Å². The number of aromatic nitrogens is 3. The molecule has 7 heteroatoms. The smallest absolute Gasteiger partial charge is 0.237 e. The summed E-state index contributed by atoms with van der Waals surface area (Å²) in [6, 6.07) is 5.57. The Labute approximate surface area is 160 Å². The first-order valence-corrected chi connectivity index (χ1v) is 9.56. The van der Waals surface area contributed by atoms with E-state index in [4.69, 9.17) is 4.74 Å². The first-order valence-electron chi connectivity index (χ1n) is 9.56. The van der Waals surface area contributed by atoms with Crippen molar-refractivity contribution in [1.29, 1.82) is 0 Å². The fourth-order valence-corrected chi connectivity index (χ4v) is 3.69. The molecule has 0 saturated carbocycles. The Kier molecular flexibility index (Phi) is 6.23. The zero-order valence-electron chi connectivity index (χ0n) is 16.5. The maximum absolute atomic E-state index is 12.9. The van der Waals surface area contributed by atoms with Gasteiger partial charge in [-0.15, -0.1) is 0 Å². The van der Waals surface area contributed by atoms with Crippen molar-refractivity contribution in [3.05, 3.63) is 42.4 Å². The largest absolute Gasteiger partial charge is 0.373 e. The van der Waals surface area contributed by atoms with Crippen molar-refractivity contribution in [3.63, 3.8) is 0 Å². The van der Waals surface area contributed by atoms with Crippen molar-refractivity contribution in [2.75, 3.05) is 13.1 Å². The summed E-state index contributed by atoms with van der Waals surface area (Å²) in [6.07, 6.45) is 5.63. The van der Waals surface area contributed by atoms with Gasteiger partial charge in [-0.1, -0.05) is 19.9 Å². The molecule has 0 bridgehead atoms. The molecule has 3 atom stereocenters. The molecule has 0 aromatic carbocycles. The Morgan fingerprint density at radius 3 is 2.59 bits per heavy atom. The van der Waals surface area contributed by atoms with Gasteiger partial charge >= 0.3 is 0 Å². The van der Waals surface area contributed by atoms with Crippen LogP contribution < -0.4 is 5.32 Å². The third-order valence-electron chi connectivity index (χ3n) is 4.76. The summed E-state index contributed by atoms with van der Waals surface area (Å²) in [5, 5.41) is 7.24. The number of nitrogens with one attached hydrogen (secondary N) is 1. The number of rotatable bonds is 6. The highest BCUT2D eigenvalue weighted by atomic mass is 16.5. The molecule has 146 valence electrons. The van der Waals surface area contributed by atoms with Crippen molar-refractivity contribution in [2.24, 2.45) is 5.92 Å². The third-order valence-corrected chi connectivity index (χ3v) is 4.76. The van der Waals surface area contributed by atoms with Gasteiger partial charge in [0.1, 0.15) is 0 Å². The van der Waals surface area contributed by atoms with E-state index in [1.807, 2.05) is 24.4 Å². The highest BCUT2D eigenvalue weighted by Crippen LogP contribution is 2.19. The van der Waals surface area contributed by atoms with Crippen molar-refractivity contribution in [3.8, 4) is 5.82 Å². The Morgan fingerprint density at radius 1 is 1.30 bits per heavy atom. The predicted octanol–water partition coefficient (Wildman–Crippen LogP) is 2.02. The molecule has 1 N–H and O–H groups in total. The normalized spacial score (nSPS) is 22.0. The predicted molar refractivity (Wildman–Crippen MR) is 103 cm³/mol. The van der Waals surface area contributed by atoms with Crippen LogP contribution in [0.4, 0.5) is 0 Å². The van der Waals surface area contributed by atoms with Gasteiger partial charge in [0, 0.05) is 38.2 Å². The van der Waals surface area contributed by atoms with Gasteiger partial charge in [0.15, 0.2) is 5.82 Å². The zero-order valence-corrected chi connectivity index (χ0v) is 16.5. The van der Waals surface area contributed by atoms with Gasteiger partial charge in [-0.05, 0) is 37.5 Å². The van der Waals surface area contributed by atoms with Crippen LogP contribution in [0.25, 0.3) is 5.82 Å². The molecule has 1 saturated heterocycles. The monoisotopic (exact) mass is 371 g/mol. The Bertz CT molecular complexity index is 719. The average Bonchev–Trinajstić information content (AvgIpc) is 3.14. The number of ether oxygens (including phenoxy) is 1. The Hall–Kier alpha value is -2.25. The zero-order chi connectivity index (χ0) is 19.4. The van der Waals surface area contributed by atoms with Crippen LogP contribution in [-0.2, 0) is 16.1 Å². The van der Waals surface area contributed by atoms with Crippen molar-refractivity contribution in [1.82, 2.24) is 25.0 Å². The number of pyridine rings is 1. The molecule has 2 aromatic heterocycles. The SMILES string of the molecule is CC1CN(C(C(=O)NCc2ccc(-n3cccn3)nc2)C(C)C)CC(C)O1. The van der Waals surface area contributed by atoms with Crippen LogP contribution in [0, 0.1) is 5.92 Å². The van der Waals surface area contributed by atoms with Gasteiger partial charge in [-0.2, -0.15) is 5.10 Å². The van der Waals surface area contributed by atoms with E-state index in [0.29, 0.717) is 6.54 Å². The Morgan fingerprint density at radius 2 is 2.04 bits per heavy atom. The lowest BCUT2D eigenvalue weighted by molar-refractivity contribution is -0.135. The first kappa shape index (κ1) is 19.5. The standard InChI is InChI=1S/C20H29N5O2/c1-14(2)19(24-12-15(3)27-16(4)13-24)20(26)22-11-17-6-7-18(21-10-17)25-9-5-8-23-25/h5-10,14-16,19H,11-13H2,1-4H3,(H,22,26). The van der Waals surface area contributed by atoms with Crippen LogP contribution in [-0.4, -0.2) is 56.9 Å². The van der Waals surface area contributed by atoms with E-state index in [0.717, 1.165) is 24.5 Å². The minimum Gasteiger partial charge on any atom is -0.373 e. The first-order chi connectivity index (χ1) is 12.9. The lowest BCUT2D eigenvalue weighted by atomic mass is 9.99. The van der Waals surface area contributed by atoms with Crippen LogP contribution in [0.1, 0.15) is 33.3 Å². The quantitative estimate of drug-likeness (QED) is 0.841. The minimum absolute atomic E-state index is 0.0578. The molecule has 27 heavy (non-hydrogen) atoms. The van der Waals surface area contributed by atoms with E-state index in [9.17, 15) is 4.79 Å². The topological polar surface area (TPSA) is 72.3 Å². The summed E-state index contributed by atoms with van der Waals surface area (Å²) < 4.78 is 7.51. The second-order valence-electron chi connectivity index (χ2n) is 7.59. The van der Waals surface area contributed by atoms with E-state index in [1.54, 1.807) is 17.1 Å². The number of morpholine rings is 1. The molecule has 3 rings (SSSR count). The molecular formula is C20H29N5O2. The third kappa shape index (κ3) is 4.93. The van der Waals surface area contributed by atoms with Crippen LogP contribution in [0.3, 0.4) is 0 Å². The number of amides is 1. The molecule has 3 heterocycles.